The molecule has 0 saturated carbocycles. The van der Waals surface area contributed by atoms with Crippen LogP contribution in [-0.2, 0) is 13.0 Å². The summed E-state index contributed by atoms with van der Waals surface area (Å²) >= 11 is 0. The van der Waals surface area contributed by atoms with Gasteiger partial charge in [-0.15, -0.1) is 0 Å². The normalized spacial score (nSPS) is 11.2. The summed E-state index contributed by atoms with van der Waals surface area (Å²) in [5.74, 6) is 0.823. The summed E-state index contributed by atoms with van der Waals surface area (Å²) in [4.78, 5) is 4.51. The summed E-state index contributed by atoms with van der Waals surface area (Å²) in [5, 5.41) is 3.12. The van der Waals surface area contributed by atoms with E-state index in [4.69, 9.17) is 0 Å². The topological polar surface area (TPSA) is 29.9 Å². The number of hydrogen-bond donors (Lipinski definition) is 1. The van der Waals surface area contributed by atoms with Crippen molar-refractivity contribution in [2.24, 2.45) is 0 Å². The van der Waals surface area contributed by atoms with Gasteiger partial charge in [0.15, 0.2) is 0 Å². The molecule has 0 aliphatic carbocycles. The van der Waals surface area contributed by atoms with Crippen LogP contribution in [0.1, 0.15) is 19.2 Å². The van der Waals surface area contributed by atoms with Gasteiger partial charge in [0.25, 0.3) is 0 Å². The molecule has 0 spiro atoms. The van der Waals surface area contributed by atoms with Gasteiger partial charge in [-0.25, -0.2) is 9.37 Å². The number of halogens is 1. The molecule has 0 bridgehead atoms. The molecule has 1 N–H and O–H groups in total. The lowest BCUT2D eigenvalue weighted by atomic mass is 10.3. The van der Waals surface area contributed by atoms with Crippen molar-refractivity contribution in [2.45, 2.75) is 26.3 Å². The average Bonchev–Trinajstić information content (AvgIpc) is 2.66. The SMILES string of the molecule is CCn1c(CCCNC)nc2cc(F)ccc21. The van der Waals surface area contributed by atoms with Gasteiger partial charge in [0, 0.05) is 19.0 Å². The molecule has 0 radical (unpaired) electrons. The van der Waals surface area contributed by atoms with Gasteiger partial charge in [0.05, 0.1) is 11.0 Å². The van der Waals surface area contributed by atoms with Crippen LogP contribution in [0.25, 0.3) is 11.0 Å². The van der Waals surface area contributed by atoms with E-state index >= 15 is 0 Å². The number of aromatic nitrogens is 2. The third-order valence-corrected chi connectivity index (χ3v) is 2.93. The van der Waals surface area contributed by atoms with E-state index in [0.717, 1.165) is 42.8 Å². The number of nitrogens with one attached hydrogen (secondary N) is 1. The number of fused-ring (bicyclic) bond motifs is 1. The van der Waals surface area contributed by atoms with Crippen molar-refractivity contribution in [2.75, 3.05) is 13.6 Å². The third kappa shape index (κ3) is 2.47. The molecule has 1 heterocycles. The maximum Gasteiger partial charge on any atom is 0.125 e. The number of rotatable bonds is 5. The van der Waals surface area contributed by atoms with Crippen LogP contribution in [0.4, 0.5) is 4.39 Å². The van der Waals surface area contributed by atoms with Gasteiger partial charge >= 0.3 is 0 Å². The van der Waals surface area contributed by atoms with E-state index in [1.807, 2.05) is 13.1 Å². The maximum absolute atomic E-state index is 13.1. The lowest BCUT2D eigenvalue weighted by molar-refractivity contribution is 0.629. The molecule has 0 saturated heterocycles. The molecule has 2 rings (SSSR count). The van der Waals surface area contributed by atoms with Crippen molar-refractivity contribution in [3.05, 3.63) is 29.8 Å². The fourth-order valence-electron chi connectivity index (χ4n) is 2.12. The van der Waals surface area contributed by atoms with Crippen LogP contribution < -0.4 is 5.32 Å². The number of nitrogens with zero attached hydrogens (tertiary/aromatic N) is 2. The van der Waals surface area contributed by atoms with E-state index in [9.17, 15) is 4.39 Å². The highest BCUT2D eigenvalue weighted by Gasteiger charge is 2.09. The fourth-order valence-corrected chi connectivity index (χ4v) is 2.12. The van der Waals surface area contributed by atoms with Crippen molar-refractivity contribution in [3.63, 3.8) is 0 Å². The third-order valence-electron chi connectivity index (χ3n) is 2.93. The second-order valence-corrected chi connectivity index (χ2v) is 4.11. The summed E-state index contributed by atoms with van der Waals surface area (Å²) in [6.07, 6.45) is 1.97. The molecule has 2 aromatic rings. The summed E-state index contributed by atoms with van der Waals surface area (Å²) < 4.78 is 15.3. The highest BCUT2D eigenvalue weighted by atomic mass is 19.1. The molecule has 4 heteroatoms. The summed E-state index contributed by atoms with van der Waals surface area (Å²) in [6, 6.07) is 4.80. The van der Waals surface area contributed by atoms with Crippen LogP contribution in [0.3, 0.4) is 0 Å². The average molecular weight is 235 g/mol. The second-order valence-electron chi connectivity index (χ2n) is 4.11. The molecule has 0 unspecified atom stereocenters. The number of imidazole rings is 1. The molecule has 1 aromatic heterocycles. The number of aryl methyl sites for hydroxylation is 2. The minimum Gasteiger partial charge on any atom is -0.328 e. The van der Waals surface area contributed by atoms with E-state index in [1.54, 1.807) is 0 Å². The molecule has 3 nitrogen and oxygen atoms in total. The largest absolute Gasteiger partial charge is 0.328 e. The van der Waals surface area contributed by atoms with Crippen LogP contribution in [0.2, 0.25) is 0 Å². The van der Waals surface area contributed by atoms with Gasteiger partial charge in [0.1, 0.15) is 11.6 Å². The van der Waals surface area contributed by atoms with Crippen LogP contribution in [0.15, 0.2) is 18.2 Å². The lowest BCUT2D eigenvalue weighted by Crippen LogP contribution is -2.10. The monoisotopic (exact) mass is 235 g/mol. The molecule has 0 aliphatic rings. The van der Waals surface area contributed by atoms with Crippen LogP contribution >= 0.6 is 0 Å². The van der Waals surface area contributed by atoms with E-state index < -0.39 is 0 Å². The first-order valence-corrected chi connectivity index (χ1v) is 6.05. The quantitative estimate of drug-likeness (QED) is 0.806. The Morgan fingerprint density at radius 1 is 1.41 bits per heavy atom. The van der Waals surface area contributed by atoms with E-state index in [0.29, 0.717) is 0 Å². The van der Waals surface area contributed by atoms with Gasteiger partial charge in [-0.2, -0.15) is 0 Å². The molecular weight excluding hydrogens is 217 g/mol. The Kier molecular flexibility index (Phi) is 3.74. The predicted octanol–water partition coefficient (Wildman–Crippen LogP) is 2.35. The molecule has 92 valence electrons. The zero-order chi connectivity index (χ0) is 12.3. The van der Waals surface area contributed by atoms with E-state index in [-0.39, 0.29) is 5.82 Å². The Morgan fingerprint density at radius 3 is 2.94 bits per heavy atom. The van der Waals surface area contributed by atoms with Crippen molar-refractivity contribution >= 4 is 11.0 Å². The Labute approximate surface area is 101 Å². The van der Waals surface area contributed by atoms with E-state index in [1.165, 1.54) is 12.1 Å². The molecular formula is C13H18FN3. The van der Waals surface area contributed by atoms with Crippen molar-refractivity contribution in [1.82, 2.24) is 14.9 Å². The van der Waals surface area contributed by atoms with Gasteiger partial charge in [-0.05, 0) is 39.1 Å². The maximum atomic E-state index is 13.1. The Balaban J connectivity index is 2.34. The summed E-state index contributed by atoms with van der Waals surface area (Å²) in [5.41, 5.74) is 1.78. The van der Waals surface area contributed by atoms with Crippen LogP contribution in [0.5, 0.6) is 0 Å². The Hall–Kier alpha value is -1.42. The minimum absolute atomic E-state index is 0.222. The standard InChI is InChI=1S/C13H18FN3/c1-3-17-12-7-6-10(14)9-11(12)16-13(17)5-4-8-15-2/h6-7,9,15H,3-5,8H2,1-2H3. The van der Waals surface area contributed by atoms with Gasteiger partial charge in [-0.1, -0.05) is 0 Å². The number of benzene rings is 1. The highest BCUT2D eigenvalue weighted by molar-refractivity contribution is 5.76. The lowest BCUT2D eigenvalue weighted by Gasteiger charge is -2.05. The van der Waals surface area contributed by atoms with Gasteiger partial charge in [-0.3, -0.25) is 0 Å². The summed E-state index contributed by atoms with van der Waals surface area (Å²) in [7, 11) is 1.94. The number of hydrogen-bond acceptors (Lipinski definition) is 2. The van der Waals surface area contributed by atoms with E-state index in [2.05, 4.69) is 21.8 Å². The Morgan fingerprint density at radius 2 is 2.24 bits per heavy atom. The fraction of sp³-hybridized carbons (Fsp3) is 0.462. The molecule has 0 atom stereocenters. The molecule has 0 amide bonds. The second kappa shape index (κ2) is 5.27. The smallest absolute Gasteiger partial charge is 0.125 e. The van der Waals surface area contributed by atoms with Crippen LogP contribution in [-0.4, -0.2) is 23.1 Å². The van der Waals surface area contributed by atoms with Gasteiger partial charge < -0.3 is 9.88 Å². The van der Waals surface area contributed by atoms with Crippen molar-refractivity contribution in [1.29, 1.82) is 0 Å². The minimum atomic E-state index is -0.222. The van der Waals surface area contributed by atoms with Crippen molar-refractivity contribution < 1.29 is 4.39 Å². The molecule has 0 aliphatic heterocycles. The zero-order valence-corrected chi connectivity index (χ0v) is 10.3. The first-order chi connectivity index (χ1) is 8.26. The molecule has 0 fully saturated rings. The van der Waals surface area contributed by atoms with Crippen LogP contribution in [0, 0.1) is 5.82 Å². The first kappa shape index (κ1) is 12.0. The summed E-state index contributed by atoms with van der Waals surface area (Å²) in [6.45, 7) is 3.93. The molecule has 17 heavy (non-hydrogen) atoms. The van der Waals surface area contributed by atoms with Gasteiger partial charge in [0.2, 0.25) is 0 Å². The predicted molar refractivity (Wildman–Crippen MR) is 67.6 cm³/mol. The Bertz CT molecular complexity index is 505. The van der Waals surface area contributed by atoms with Crippen molar-refractivity contribution in [3.8, 4) is 0 Å². The zero-order valence-electron chi connectivity index (χ0n) is 10.3. The first-order valence-electron chi connectivity index (χ1n) is 6.05. The highest BCUT2D eigenvalue weighted by Crippen LogP contribution is 2.18. The molecule has 1 aromatic carbocycles.